The fraction of sp³-hybridized carbons (Fsp3) is 0.200. The number of rotatable bonds is 4. The van der Waals surface area contributed by atoms with Gasteiger partial charge in [-0.15, -0.1) is 0 Å². The first kappa shape index (κ1) is 11.7. The standard InChI is InChI=1S/C15H16N4/c1-2-6-14(13(5-1)15-17-8-9-18-15)19-11-12-4-3-7-16-10-12/h1-7,10,19H,8-9,11H2,(H,17,18). The van der Waals surface area contributed by atoms with Crippen LogP contribution >= 0.6 is 0 Å². The predicted octanol–water partition coefficient (Wildman–Crippen LogP) is 2.04. The summed E-state index contributed by atoms with van der Waals surface area (Å²) in [6.45, 7) is 2.54. The number of anilines is 1. The molecule has 1 aromatic heterocycles. The maximum absolute atomic E-state index is 4.47. The molecule has 2 N–H and O–H groups in total. The Morgan fingerprint density at radius 2 is 2.11 bits per heavy atom. The number of para-hydroxylation sites is 1. The zero-order valence-electron chi connectivity index (χ0n) is 10.6. The molecule has 3 rings (SSSR count). The third-order valence-electron chi connectivity index (χ3n) is 3.06. The van der Waals surface area contributed by atoms with E-state index < -0.39 is 0 Å². The maximum Gasteiger partial charge on any atom is 0.130 e. The van der Waals surface area contributed by atoms with E-state index >= 15 is 0 Å². The van der Waals surface area contributed by atoms with Gasteiger partial charge in [0.25, 0.3) is 0 Å². The molecular weight excluding hydrogens is 236 g/mol. The molecule has 0 unspecified atom stereocenters. The van der Waals surface area contributed by atoms with Crippen LogP contribution in [0.5, 0.6) is 0 Å². The van der Waals surface area contributed by atoms with Crippen molar-refractivity contribution in [3.05, 3.63) is 59.9 Å². The molecule has 0 aliphatic carbocycles. The molecule has 0 amide bonds. The molecule has 0 saturated carbocycles. The molecule has 19 heavy (non-hydrogen) atoms. The van der Waals surface area contributed by atoms with E-state index in [1.165, 1.54) is 5.56 Å². The van der Waals surface area contributed by atoms with Gasteiger partial charge in [-0.1, -0.05) is 18.2 Å². The Labute approximate surface area is 112 Å². The summed E-state index contributed by atoms with van der Waals surface area (Å²) < 4.78 is 0. The summed E-state index contributed by atoms with van der Waals surface area (Å²) >= 11 is 0. The third-order valence-corrected chi connectivity index (χ3v) is 3.06. The van der Waals surface area contributed by atoms with E-state index in [0.717, 1.165) is 36.7 Å². The van der Waals surface area contributed by atoms with Crippen LogP contribution in [0.1, 0.15) is 11.1 Å². The van der Waals surface area contributed by atoms with Crippen molar-refractivity contribution in [3.8, 4) is 0 Å². The van der Waals surface area contributed by atoms with Crippen molar-refractivity contribution in [1.82, 2.24) is 10.3 Å². The first-order valence-electron chi connectivity index (χ1n) is 6.44. The van der Waals surface area contributed by atoms with Gasteiger partial charge in [0.2, 0.25) is 0 Å². The highest BCUT2D eigenvalue weighted by Gasteiger charge is 2.11. The summed E-state index contributed by atoms with van der Waals surface area (Å²) in [7, 11) is 0. The van der Waals surface area contributed by atoms with Crippen molar-refractivity contribution >= 4 is 11.5 Å². The lowest BCUT2D eigenvalue weighted by Crippen LogP contribution is -2.20. The average molecular weight is 252 g/mol. The normalized spacial score (nSPS) is 13.8. The topological polar surface area (TPSA) is 49.3 Å². The highest BCUT2D eigenvalue weighted by Crippen LogP contribution is 2.17. The highest BCUT2D eigenvalue weighted by atomic mass is 15.1. The fourth-order valence-corrected chi connectivity index (χ4v) is 2.12. The molecule has 0 saturated heterocycles. The summed E-state index contributed by atoms with van der Waals surface area (Å²) in [4.78, 5) is 8.60. The average Bonchev–Trinajstić information content (AvgIpc) is 3.01. The van der Waals surface area contributed by atoms with Crippen LogP contribution in [0.25, 0.3) is 0 Å². The second kappa shape index (κ2) is 5.52. The molecular formula is C15H16N4. The molecule has 2 heterocycles. The Kier molecular flexibility index (Phi) is 3.40. The Balaban J connectivity index is 1.77. The summed E-state index contributed by atoms with van der Waals surface area (Å²) in [5.74, 6) is 0.981. The molecule has 1 aliphatic heterocycles. The van der Waals surface area contributed by atoms with Crippen molar-refractivity contribution in [3.63, 3.8) is 0 Å². The summed E-state index contributed by atoms with van der Waals surface area (Å²) in [6.07, 6.45) is 3.66. The Morgan fingerprint density at radius 1 is 1.16 bits per heavy atom. The number of amidine groups is 1. The molecule has 1 aliphatic rings. The highest BCUT2D eigenvalue weighted by molar-refractivity contribution is 6.04. The van der Waals surface area contributed by atoms with Gasteiger partial charge in [0.1, 0.15) is 5.84 Å². The Hall–Kier alpha value is -2.36. The summed E-state index contributed by atoms with van der Waals surface area (Å²) in [5, 5.41) is 6.75. The lowest BCUT2D eigenvalue weighted by atomic mass is 10.1. The van der Waals surface area contributed by atoms with Crippen molar-refractivity contribution in [1.29, 1.82) is 0 Å². The van der Waals surface area contributed by atoms with Crippen LogP contribution < -0.4 is 10.6 Å². The van der Waals surface area contributed by atoms with Crippen LogP contribution in [0.15, 0.2) is 53.8 Å². The minimum absolute atomic E-state index is 0.762. The zero-order chi connectivity index (χ0) is 12.9. The van der Waals surface area contributed by atoms with Crippen LogP contribution in [-0.2, 0) is 6.54 Å². The minimum atomic E-state index is 0.762. The van der Waals surface area contributed by atoms with Crippen LogP contribution in [0, 0.1) is 0 Å². The number of nitrogens with zero attached hydrogens (tertiary/aromatic N) is 2. The molecule has 2 aromatic rings. The van der Waals surface area contributed by atoms with Crippen LogP contribution in [0.3, 0.4) is 0 Å². The van der Waals surface area contributed by atoms with Crippen molar-refractivity contribution in [2.24, 2.45) is 4.99 Å². The smallest absolute Gasteiger partial charge is 0.130 e. The minimum Gasteiger partial charge on any atom is -0.380 e. The molecule has 4 heteroatoms. The lowest BCUT2D eigenvalue weighted by molar-refractivity contribution is 0.960. The van der Waals surface area contributed by atoms with E-state index in [0.29, 0.717) is 0 Å². The van der Waals surface area contributed by atoms with Gasteiger partial charge in [0.15, 0.2) is 0 Å². The number of hydrogen-bond acceptors (Lipinski definition) is 4. The number of hydrogen-bond donors (Lipinski definition) is 2. The first-order chi connectivity index (χ1) is 9.43. The van der Waals surface area contributed by atoms with E-state index in [1.807, 2.05) is 24.4 Å². The van der Waals surface area contributed by atoms with E-state index in [-0.39, 0.29) is 0 Å². The van der Waals surface area contributed by atoms with Crippen LogP contribution in [-0.4, -0.2) is 23.9 Å². The Bertz CT molecular complexity index is 578. The molecule has 4 nitrogen and oxygen atoms in total. The second-order valence-electron chi connectivity index (χ2n) is 4.42. The number of aliphatic imine (C=N–C) groups is 1. The van der Waals surface area contributed by atoms with Crippen LogP contribution in [0.4, 0.5) is 5.69 Å². The number of pyridine rings is 1. The van der Waals surface area contributed by atoms with E-state index in [4.69, 9.17) is 0 Å². The maximum atomic E-state index is 4.47. The fourth-order valence-electron chi connectivity index (χ4n) is 2.12. The molecule has 0 atom stereocenters. The van der Waals surface area contributed by atoms with Gasteiger partial charge in [-0.25, -0.2) is 0 Å². The third kappa shape index (κ3) is 2.73. The quantitative estimate of drug-likeness (QED) is 0.875. The second-order valence-corrected chi connectivity index (χ2v) is 4.42. The first-order valence-corrected chi connectivity index (χ1v) is 6.44. The molecule has 0 spiro atoms. The van der Waals surface area contributed by atoms with Gasteiger partial charge >= 0.3 is 0 Å². The van der Waals surface area contributed by atoms with Crippen molar-refractivity contribution in [2.45, 2.75) is 6.54 Å². The van der Waals surface area contributed by atoms with Crippen LogP contribution in [0.2, 0.25) is 0 Å². The van der Waals surface area contributed by atoms with Crippen molar-refractivity contribution < 1.29 is 0 Å². The van der Waals surface area contributed by atoms with Gasteiger partial charge in [-0.05, 0) is 23.8 Å². The number of benzene rings is 1. The molecule has 0 radical (unpaired) electrons. The van der Waals surface area contributed by atoms with Gasteiger partial charge in [-0.2, -0.15) is 0 Å². The van der Waals surface area contributed by atoms with E-state index in [9.17, 15) is 0 Å². The van der Waals surface area contributed by atoms with Gasteiger partial charge < -0.3 is 10.6 Å². The summed E-state index contributed by atoms with van der Waals surface area (Å²) in [5.41, 5.74) is 3.39. The lowest BCUT2D eigenvalue weighted by Gasteiger charge is -2.12. The monoisotopic (exact) mass is 252 g/mol. The SMILES string of the molecule is c1cncc(CNc2ccccc2C2=NCCN2)c1. The predicted molar refractivity (Wildman–Crippen MR) is 77.4 cm³/mol. The molecule has 1 aromatic carbocycles. The molecule has 0 fully saturated rings. The van der Waals surface area contributed by atoms with Gasteiger partial charge in [-0.3, -0.25) is 9.98 Å². The van der Waals surface area contributed by atoms with Gasteiger partial charge in [0.05, 0.1) is 6.54 Å². The van der Waals surface area contributed by atoms with Crippen molar-refractivity contribution in [2.75, 3.05) is 18.4 Å². The zero-order valence-corrected chi connectivity index (χ0v) is 10.6. The largest absolute Gasteiger partial charge is 0.380 e. The van der Waals surface area contributed by atoms with Gasteiger partial charge in [0, 0.05) is 36.7 Å². The van der Waals surface area contributed by atoms with E-state index in [2.05, 4.69) is 38.8 Å². The Morgan fingerprint density at radius 3 is 2.89 bits per heavy atom. The number of nitrogens with one attached hydrogen (secondary N) is 2. The molecule has 96 valence electrons. The van der Waals surface area contributed by atoms with E-state index in [1.54, 1.807) is 6.20 Å². The molecule has 0 bridgehead atoms. The summed E-state index contributed by atoms with van der Waals surface area (Å²) in [6, 6.07) is 12.2. The number of aromatic nitrogens is 1.